The molecule has 2 aromatic rings. The van der Waals surface area contributed by atoms with Crippen molar-refractivity contribution in [1.29, 1.82) is 5.26 Å². The Morgan fingerprint density at radius 2 is 1.94 bits per heavy atom. The highest BCUT2D eigenvalue weighted by Crippen LogP contribution is 2.66. The highest BCUT2D eigenvalue weighted by Gasteiger charge is 2.58. The molecule has 23 heteroatoms. The van der Waals surface area contributed by atoms with Crippen molar-refractivity contribution in [2.75, 3.05) is 12.3 Å². The highest BCUT2D eigenvalue weighted by atomic mass is 31.3. The summed E-state index contributed by atoms with van der Waals surface area (Å²) in [5, 5.41) is 19.7. The summed E-state index contributed by atoms with van der Waals surface area (Å²) in [5.41, 5.74) is 1.30. The topological polar surface area (TPSA) is 303 Å². The first-order chi connectivity index (χ1) is 15.5. The first-order valence-corrected chi connectivity index (χ1v) is 12.9. The molecule has 1 fully saturated rings. The van der Waals surface area contributed by atoms with Crippen LogP contribution in [0.4, 0.5) is 10.3 Å². The second-order valence-corrected chi connectivity index (χ2v) is 11.0. The number of rotatable bonds is 8. The molecule has 3 rings (SSSR count). The number of nitrogens with one attached hydrogen (secondary N) is 1. The van der Waals surface area contributed by atoms with Crippen molar-refractivity contribution in [3.05, 3.63) is 16.7 Å². The smallest absolute Gasteiger partial charge is 0.386 e. The molecular weight excluding hydrogens is 536 g/mol. The minimum atomic E-state index is -5.87. The Labute approximate surface area is 186 Å². The molecular formula is C11H14FN6O13P3. The summed E-state index contributed by atoms with van der Waals surface area (Å²) >= 11 is 0. The molecule has 1 aliphatic rings. The number of aromatic nitrogens is 4. The van der Waals surface area contributed by atoms with Gasteiger partial charge >= 0.3 is 23.5 Å². The fourth-order valence-electron chi connectivity index (χ4n) is 2.83. The van der Waals surface area contributed by atoms with E-state index in [1.165, 1.54) is 6.07 Å². The third-order valence-corrected chi connectivity index (χ3v) is 7.94. The molecule has 0 aliphatic carbocycles. The van der Waals surface area contributed by atoms with Crippen LogP contribution in [0.5, 0.6) is 0 Å². The number of nitrogens with two attached hydrogens (primary N) is 1. The van der Waals surface area contributed by atoms with Gasteiger partial charge in [0.2, 0.25) is 11.5 Å². The standard InChI is InChI=1S/C11H14FN6O13P3/c12-4-6(19)11(1-13,2-28-33(24,25)31-34(26,27)30-32(21,22)23)29-9(4)18-3-15-5-7(18)16-10(14)17-8(5)20/h3-4,6,9,19H,2H2,(H,24,25)(H,26,27)(H2,21,22,23)(H3,14,16,17,20). The summed E-state index contributed by atoms with van der Waals surface area (Å²) < 4.78 is 66.2. The van der Waals surface area contributed by atoms with Crippen molar-refractivity contribution in [3.63, 3.8) is 0 Å². The molecule has 1 aliphatic heterocycles. The van der Waals surface area contributed by atoms with Crippen LogP contribution < -0.4 is 11.3 Å². The summed E-state index contributed by atoms with van der Waals surface area (Å²) in [4.78, 5) is 57.2. The number of nitriles is 1. The first kappa shape index (κ1) is 26.5. The van der Waals surface area contributed by atoms with Gasteiger partial charge in [0, 0.05) is 0 Å². The summed E-state index contributed by atoms with van der Waals surface area (Å²) in [6.07, 6.45) is -5.82. The number of hydrogen-bond donors (Lipinski definition) is 7. The van der Waals surface area contributed by atoms with Crippen molar-refractivity contribution in [3.8, 4) is 6.07 Å². The van der Waals surface area contributed by atoms with Crippen LogP contribution in [0.3, 0.4) is 0 Å². The molecule has 0 saturated carbocycles. The van der Waals surface area contributed by atoms with E-state index in [-0.39, 0.29) is 17.1 Å². The number of phosphoric ester groups is 1. The van der Waals surface area contributed by atoms with Crippen LogP contribution in [0, 0.1) is 11.3 Å². The minimum Gasteiger partial charge on any atom is -0.386 e. The molecule has 0 spiro atoms. The van der Waals surface area contributed by atoms with Gasteiger partial charge in [-0.25, -0.2) is 23.1 Å². The maximum Gasteiger partial charge on any atom is 0.490 e. The molecule has 0 bridgehead atoms. The average molecular weight is 550 g/mol. The molecule has 6 unspecified atom stereocenters. The van der Waals surface area contributed by atoms with E-state index < -0.39 is 59.7 Å². The SMILES string of the molecule is N#CC1(COP(=O)(O)OP(=O)(O)OP(=O)(O)O)OC(n2cnc3c(=O)[nH]c(N)nc32)C(F)C1O. The van der Waals surface area contributed by atoms with Crippen LogP contribution in [0.2, 0.25) is 0 Å². The van der Waals surface area contributed by atoms with Gasteiger partial charge < -0.3 is 35.2 Å². The average Bonchev–Trinajstić information content (AvgIpc) is 3.18. The number of aromatic amines is 1. The highest BCUT2D eigenvalue weighted by molar-refractivity contribution is 7.66. The van der Waals surface area contributed by atoms with Gasteiger partial charge in [-0.2, -0.15) is 18.9 Å². The van der Waals surface area contributed by atoms with Gasteiger partial charge in [-0.3, -0.25) is 18.9 Å². The summed E-state index contributed by atoms with van der Waals surface area (Å²) in [6, 6.07) is 1.33. The van der Waals surface area contributed by atoms with Gasteiger partial charge in [0.05, 0.1) is 6.33 Å². The molecule has 188 valence electrons. The number of halogens is 1. The lowest BCUT2D eigenvalue weighted by Gasteiger charge is -2.25. The number of fused-ring (bicyclic) bond motifs is 1. The fourth-order valence-corrected chi connectivity index (χ4v) is 5.88. The van der Waals surface area contributed by atoms with E-state index in [9.17, 15) is 38.1 Å². The molecule has 3 heterocycles. The van der Waals surface area contributed by atoms with Crippen LogP contribution in [-0.4, -0.2) is 68.7 Å². The Kier molecular flexibility index (Phi) is 6.89. The van der Waals surface area contributed by atoms with Crippen LogP contribution in [0.15, 0.2) is 11.1 Å². The zero-order valence-corrected chi connectivity index (χ0v) is 18.8. The second-order valence-electron chi connectivity index (χ2n) is 6.54. The molecule has 0 aromatic carbocycles. The fraction of sp³-hybridized carbons (Fsp3) is 0.455. The lowest BCUT2D eigenvalue weighted by atomic mass is 9.99. The number of H-pyrrole nitrogens is 1. The largest absolute Gasteiger partial charge is 0.490 e. The number of aliphatic hydroxyl groups excluding tert-OH is 1. The van der Waals surface area contributed by atoms with Gasteiger partial charge in [-0.1, -0.05) is 0 Å². The Hall–Kier alpha value is -2.10. The minimum absolute atomic E-state index is 0.303. The van der Waals surface area contributed by atoms with Crippen molar-refractivity contribution in [1.82, 2.24) is 19.5 Å². The number of alkyl halides is 1. The number of ether oxygens (including phenoxy) is 1. The molecule has 19 nitrogen and oxygen atoms in total. The third kappa shape index (κ3) is 5.42. The second kappa shape index (κ2) is 8.84. The van der Waals surface area contributed by atoms with E-state index in [0.29, 0.717) is 0 Å². The third-order valence-electron chi connectivity index (χ3n) is 4.15. The normalized spacial score (nSPS) is 28.9. The number of anilines is 1. The van der Waals surface area contributed by atoms with Crippen LogP contribution in [0.25, 0.3) is 11.2 Å². The van der Waals surface area contributed by atoms with Crippen LogP contribution in [-0.2, 0) is 31.6 Å². The van der Waals surface area contributed by atoms with Crippen LogP contribution in [0.1, 0.15) is 6.23 Å². The van der Waals surface area contributed by atoms with Gasteiger partial charge in [0.1, 0.15) is 18.8 Å². The molecule has 2 aromatic heterocycles. The maximum atomic E-state index is 14.9. The van der Waals surface area contributed by atoms with Gasteiger partial charge in [-0.05, 0) is 0 Å². The summed E-state index contributed by atoms with van der Waals surface area (Å²) in [6.45, 7) is -1.46. The predicted molar refractivity (Wildman–Crippen MR) is 102 cm³/mol. The quantitative estimate of drug-likeness (QED) is 0.185. The van der Waals surface area contributed by atoms with E-state index >= 15 is 0 Å². The maximum absolute atomic E-state index is 14.9. The Morgan fingerprint density at radius 3 is 2.53 bits per heavy atom. The van der Waals surface area contributed by atoms with E-state index in [2.05, 4.69) is 28.1 Å². The number of hydrogen-bond acceptors (Lipinski definition) is 13. The van der Waals surface area contributed by atoms with Gasteiger partial charge in [0.15, 0.2) is 23.6 Å². The summed E-state index contributed by atoms with van der Waals surface area (Å²) in [5.74, 6) is -0.382. The van der Waals surface area contributed by atoms with Gasteiger partial charge in [-0.15, -0.1) is 0 Å². The zero-order chi connectivity index (χ0) is 25.7. The van der Waals surface area contributed by atoms with Crippen molar-refractivity contribution < 1.29 is 60.6 Å². The number of aliphatic hydroxyl groups is 1. The predicted octanol–water partition coefficient (Wildman–Crippen LogP) is -1.46. The molecule has 1 saturated heterocycles. The first-order valence-electron chi connectivity index (χ1n) is 8.41. The zero-order valence-electron chi connectivity index (χ0n) is 16.1. The van der Waals surface area contributed by atoms with Crippen molar-refractivity contribution >= 4 is 40.6 Å². The van der Waals surface area contributed by atoms with E-state index in [1.54, 1.807) is 0 Å². The number of nitrogens with zero attached hydrogens (tertiary/aromatic N) is 4. The molecule has 6 atom stereocenters. The van der Waals surface area contributed by atoms with Crippen molar-refractivity contribution in [2.24, 2.45) is 0 Å². The van der Waals surface area contributed by atoms with Crippen LogP contribution >= 0.6 is 23.5 Å². The Bertz CT molecular complexity index is 1350. The van der Waals surface area contributed by atoms with E-state index in [1.807, 2.05) is 0 Å². The number of phosphoric acid groups is 3. The number of imidazole rings is 1. The molecule has 34 heavy (non-hydrogen) atoms. The van der Waals surface area contributed by atoms with Crippen molar-refractivity contribution in [2.45, 2.75) is 24.1 Å². The molecule has 0 radical (unpaired) electrons. The summed E-state index contributed by atoms with van der Waals surface area (Å²) in [7, 11) is -17.3. The monoisotopic (exact) mass is 550 g/mol. The van der Waals surface area contributed by atoms with Gasteiger partial charge in [0.25, 0.3) is 5.56 Å². The lowest BCUT2D eigenvalue weighted by molar-refractivity contribution is -0.0895. The number of nitrogen functional groups attached to an aromatic ring is 1. The Balaban J connectivity index is 1.84. The van der Waals surface area contributed by atoms with E-state index in [4.69, 9.17) is 25.2 Å². The molecule has 8 N–H and O–H groups in total. The molecule has 0 amide bonds. The lowest BCUT2D eigenvalue weighted by Crippen LogP contribution is -2.44. The van der Waals surface area contributed by atoms with E-state index in [0.717, 1.165) is 10.9 Å². The Morgan fingerprint density at radius 1 is 1.29 bits per heavy atom.